The molecule has 208 valence electrons. The molecule has 14 heteroatoms. The summed E-state index contributed by atoms with van der Waals surface area (Å²) in [6.45, 7) is 10.0. The predicted octanol–water partition coefficient (Wildman–Crippen LogP) is 3.31. The molecule has 0 saturated carbocycles. The summed E-state index contributed by atoms with van der Waals surface area (Å²) in [5, 5.41) is -0.301. The van der Waals surface area contributed by atoms with Crippen LogP contribution in [0.3, 0.4) is 0 Å². The van der Waals surface area contributed by atoms with E-state index >= 15 is 4.39 Å². The molecule has 12 nitrogen and oxygen atoms in total. The van der Waals surface area contributed by atoms with Crippen molar-refractivity contribution in [1.29, 1.82) is 0 Å². The van der Waals surface area contributed by atoms with Gasteiger partial charge in [-0.15, -0.1) is 0 Å². The van der Waals surface area contributed by atoms with Gasteiger partial charge in [-0.2, -0.15) is 14.4 Å². The summed E-state index contributed by atoms with van der Waals surface area (Å²) in [6.07, 6.45) is 0.871. The first-order valence-corrected chi connectivity index (χ1v) is 12.9. The number of methoxy groups -OCH3 is 1. The zero-order valence-corrected chi connectivity index (χ0v) is 23.2. The van der Waals surface area contributed by atoms with E-state index in [9.17, 15) is 9.59 Å². The smallest absolute Gasteiger partial charge is 0.410 e. The molecular weight excluding hydrogens is 533 g/mol. The molecule has 0 spiro atoms. The highest BCUT2D eigenvalue weighted by Gasteiger charge is 2.39. The number of anilines is 1. The van der Waals surface area contributed by atoms with E-state index in [4.69, 9.17) is 25.8 Å². The van der Waals surface area contributed by atoms with E-state index in [2.05, 4.69) is 19.9 Å². The van der Waals surface area contributed by atoms with Crippen molar-refractivity contribution in [2.75, 3.05) is 38.3 Å². The summed E-state index contributed by atoms with van der Waals surface area (Å²) in [5.74, 6) is -0.873. The topological polar surface area (TPSA) is 125 Å². The Balaban J connectivity index is 1.70. The number of nitrogens with zero attached hydrogens (tertiary/aromatic N) is 7. The van der Waals surface area contributed by atoms with E-state index < -0.39 is 34.4 Å². The minimum absolute atomic E-state index is 0.00518. The number of aromatic nitrogens is 5. The van der Waals surface area contributed by atoms with E-state index in [1.807, 2.05) is 18.7 Å². The Morgan fingerprint density at radius 1 is 1.23 bits per heavy atom. The summed E-state index contributed by atoms with van der Waals surface area (Å²) < 4.78 is 33.5. The zero-order chi connectivity index (χ0) is 28.2. The molecule has 0 N–H and O–H groups in total. The zero-order valence-electron chi connectivity index (χ0n) is 22.5. The minimum Gasteiger partial charge on any atom is -0.487 e. The maximum Gasteiger partial charge on any atom is 0.410 e. The van der Waals surface area contributed by atoms with Crippen LogP contribution in [0.2, 0.25) is 5.15 Å². The lowest BCUT2D eigenvalue weighted by molar-refractivity contribution is 0.0201. The lowest BCUT2D eigenvalue weighted by Crippen LogP contribution is -2.57. The van der Waals surface area contributed by atoms with Crippen molar-refractivity contribution in [3.05, 3.63) is 33.5 Å². The summed E-state index contributed by atoms with van der Waals surface area (Å²) in [7, 11) is 1.42. The Morgan fingerprint density at radius 3 is 2.64 bits per heavy atom. The number of rotatable bonds is 3. The third-order valence-corrected chi connectivity index (χ3v) is 6.72. The first-order valence-electron chi connectivity index (χ1n) is 12.5. The van der Waals surface area contributed by atoms with Gasteiger partial charge in [0, 0.05) is 19.6 Å². The average Bonchev–Trinajstić information content (AvgIpc) is 3.03. The van der Waals surface area contributed by atoms with Gasteiger partial charge in [-0.1, -0.05) is 25.4 Å². The van der Waals surface area contributed by atoms with Crippen molar-refractivity contribution < 1.29 is 23.4 Å². The molecule has 3 aromatic rings. The second-order valence-corrected chi connectivity index (χ2v) is 11.0. The lowest BCUT2D eigenvalue weighted by atomic mass is 10.1. The van der Waals surface area contributed by atoms with E-state index in [1.165, 1.54) is 18.0 Å². The highest BCUT2D eigenvalue weighted by molar-refractivity contribution is 6.30. The molecule has 39 heavy (non-hydrogen) atoms. The highest BCUT2D eigenvalue weighted by Crippen LogP contribution is 2.41. The largest absolute Gasteiger partial charge is 0.487 e. The van der Waals surface area contributed by atoms with Crippen LogP contribution in [0.15, 0.2) is 11.1 Å². The van der Waals surface area contributed by atoms with Crippen LogP contribution in [0.5, 0.6) is 11.6 Å². The molecular formula is C25H29ClFN7O5. The van der Waals surface area contributed by atoms with E-state index in [0.29, 0.717) is 18.8 Å². The molecule has 0 unspecified atom stereocenters. The van der Waals surface area contributed by atoms with Crippen molar-refractivity contribution in [1.82, 2.24) is 29.4 Å². The minimum atomic E-state index is -0.873. The molecule has 0 bridgehead atoms. The van der Waals surface area contributed by atoms with Gasteiger partial charge in [-0.05, 0) is 26.7 Å². The first kappa shape index (κ1) is 26.9. The number of hydrogen-bond acceptors (Lipinski definition) is 10. The summed E-state index contributed by atoms with van der Waals surface area (Å²) in [4.78, 5) is 47.0. The van der Waals surface area contributed by atoms with Crippen molar-refractivity contribution >= 4 is 34.5 Å². The third-order valence-electron chi connectivity index (χ3n) is 6.47. The maximum absolute atomic E-state index is 15.4. The lowest BCUT2D eigenvalue weighted by Gasteiger charge is -2.41. The maximum atomic E-state index is 15.4. The molecule has 5 rings (SSSR count). The SMILES string of the molecule is COc1ncnc(C(C)C)c1-n1c(=O)nc2c3c(c(F)c(Cl)nc31)OC[C@H]1CN(C(=O)OC(C)(C)C)CCN21. The number of ether oxygens (including phenoxy) is 3. The van der Waals surface area contributed by atoms with Crippen molar-refractivity contribution in [3.8, 4) is 17.3 Å². The Bertz CT molecular complexity index is 1520. The fourth-order valence-electron chi connectivity index (χ4n) is 4.80. The number of pyridine rings is 1. The number of piperazine rings is 1. The molecule has 1 fully saturated rings. The van der Waals surface area contributed by atoms with Gasteiger partial charge >= 0.3 is 11.8 Å². The molecule has 1 atom stereocenters. The Morgan fingerprint density at radius 2 is 1.97 bits per heavy atom. The van der Waals surface area contributed by atoms with Crippen LogP contribution in [0.25, 0.3) is 16.7 Å². The summed E-state index contributed by atoms with van der Waals surface area (Å²) in [5.41, 5.74) is -0.606. The highest BCUT2D eigenvalue weighted by atomic mass is 35.5. The van der Waals surface area contributed by atoms with Gasteiger partial charge in [-0.3, -0.25) is 0 Å². The first-order chi connectivity index (χ1) is 18.4. The van der Waals surface area contributed by atoms with Gasteiger partial charge < -0.3 is 24.0 Å². The van der Waals surface area contributed by atoms with Crippen LogP contribution in [-0.4, -0.2) is 80.5 Å². The Kier molecular flexibility index (Phi) is 6.73. The van der Waals surface area contributed by atoms with Crippen molar-refractivity contribution in [3.63, 3.8) is 0 Å². The number of carbonyl (C=O) groups is 1. The molecule has 2 aliphatic rings. The molecule has 5 heterocycles. The van der Waals surface area contributed by atoms with E-state index in [0.717, 1.165) is 0 Å². The van der Waals surface area contributed by atoms with Gasteiger partial charge in [0.15, 0.2) is 16.5 Å². The standard InChI is InChI=1S/C25H29ClFN7O5/c1-12(2)16-17(22(37-6)29-11-28-16)34-21-14-18(15(27)19(26)30-21)38-10-13-9-32(24(36)39-25(3,4)5)7-8-33(13)20(14)31-23(34)35/h11-13H,7-10H2,1-6H3/t13-/m1/s1. The molecule has 0 aliphatic carbocycles. The number of fused-ring (bicyclic) bond motifs is 2. The van der Waals surface area contributed by atoms with Gasteiger partial charge in [0.05, 0.1) is 18.8 Å². The van der Waals surface area contributed by atoms with Crippen LogP contribution >= 0.6 is 11.6 Å². The monoisotopic (exact) mass is 561 g/mol. The van der Waals surface area contributed by atoms with E-state index in [-0.39, 0.29) is 53.2 Å². The molecule has 0 aromatic carbocycles. The summed E-state index contributed by atoms with van der Waals surface area (Å²) >= 11 is 6.22. The third kappa shape index (κ3) is 4.68. The van der Waals surface area contributed by atoms with Crippen molar-refractivity contribution in [2.24, 2.45) is 0 Å². The van der Waals surface area contributed by atoms with Crippen LogP contribution < -0.4 is 20.1 Å². The van der Waals surface area contributed by atoms with Gasteiger partial charge in [0.25, 0.3) is 0 Å². The van der Waals surface area contributed by atoms with Gasteiger partial charge in [0.1, 0.15) is 35.4 Å². The number of hydrogen-bond donors (Lipinski definition) is 0. The van der Waals surface area contributed by atoms with Crippen molar-refractivity contribution in [2.45, 2.75) is 52.2 Å². The number of carbonyl (C=O) groups excluding carboxylic acids is 1. The Labute approximate surface area is 228 Å². The summed E-state index contributed by atoms with van der Waals surface area (Å²) in [6, 6.07) is -0.441. The van der Waals surface area contributed by atoms with Crippen LogP contribution in [0.1, 0.15) is 46.2 Å². The Hall–Kier alpha value is -3.74. The second-order valence-electron chi connectivity index (χ2n) is 10.7. The molecule has 0 radical (unpaired) electrons. The van der Waals surface area contributed by atoms with Crippen LogP contribution in [0, 0.1) is 5.82 Å². The van der Waals surface area contributed by atoms with E-state index in [1.54, 1.807) is 25.7 Å². The molecule has 1 saturated heterocycles. The average molecular weight is 562 g/mol. The quantitative estimate of drug-likeness (QED) is 0.440. The van der Waals surface area contributed by atoms with Gasteiger partial charge in [0.2, 0.25) is 11.7 Å². The van der Waals surface area contributed by atoms with Gasteiger partial charge in [-0.25, -0.2) is 24.1 Å². The molecule has 2 aliphatic heterocycles. The number of halogens is 2. The predicted molar refractivity (Wildman–Crippen MR) is 141 cm³/mol. The second kappa shape index (κ2) is 9.78. The van der Waals surface area contributed by atoms with Crippen LogP contribution in [-0.2, 0) is 4.74 Å². The number of amides is 1. The molecule has 1 amide bonds. The van der Waals surface area contributed by atoms with Crippen LogP contribution in [0.4, 0.5) is 15.0 Å². The fraction of sp³-hybridized carbons (Fsp3) is 0.520. The fourth-order valence-corrected chi connectivity index (χ4v) is 4.97. The normalized spacial score (nSPS) is 17.1. The molecule has 3 aromatic heterocycles.